The van der Waals surface area contributed by atoms with Gasteiger partial charge in [-0.15, -0.1) is 5.10 Å². The van der Waals surface area contributed by atoms with Gasteiger partial charge in [0, 0.05) is 5.56 Å². The Morgan fingerprint density at radius 2 is 1.85 bits per heavy atom. The maximum Gasteiger partial charge on any atom is 0.258 e. The van der Waals surface area contributed by atoms with Gasteiger partial charge in [0.2, 0.25) is 12.6 Å². The Bertz CT molecular complexity index is 1090. The zero-order valence-electron chi connectivity index (χ0n) is 13.8. The van der Waals surface area contributed by atoms with Crippen LogP contribution in [0.15, 0.2) is 53.1 Å². The van der Waals surface area contributed by atoms with Crippen molar-refractivity contribution in [1.82, 2.24) is 25.1 Å². The van der Waals surface area contributed by atoms with Crippen LogP contribution in [-0.2, 0) is 0 Å². The lowest BCUT2D eigenvalue weighted by Gasteiger charge is -2.01. The molecule has 0 fully saturated rings. The van der Waals surface area contributed by atoms with Gasteiger partial charge in [0.15, 0.2) is 17.2 Å². The van der Waals surface area contributed by atoms with Crippen LogP contribution in [0.2, 0.25) is 0 Å². The Hall–Kier alpha value is -3.68. The number of nitrogens with zero attached hydrogens (tertiary/aromatic N) is 5. The summed E-state index contributed by atoms with van der Waals surface area (Å²) in [5, 5.41) is 12.5. The van der Waals surface area contributed by atoms with E-state index in [1.807, 2.05) is 55.5 Å². The molecule has 2 aromatic carbocycles. The highest BCUT2D eigenvalue weighted by molar-refractivity contribution is 5.63. The molecule has 8 nitrogen and oxygen atoms in total. The van der Waals surface area contributed by atoms with Gasteiger partial charge in [-0.1, -0.05) is 28.6 Å². The molecule has 0 N–H and O–H groups in total. The average Bonchev–Trinajstić information content (AvgIpc) is 3.41. The van der Waals surface area contributed by atoms with Gasteiger partial charge in [0.05, 0.1) is 11.4 Å². The van der Waals surface area contributed by atoms with Gasteiger partial charge >= 0.3 is 0 Å². The van der Waals surface area contributed by atoms with E-state index in [9.17, 15) is 0 Å². The van der Waals surface area contributed by atoms with Crippen molar-refractivity contribution in [2.45, 2.75) is 6.92 Å². The lowest BCUT2D eigenvalue weighted by atomic mass is 10.2. The first-order valence-corrected chi connectivity index (χ1v) is 8.01. The zero-order chi connectivity index (χ0) is 17.5. The first-order chi connectivity index (χ1) is 12.8. The van der Waals surface area contributed by atoms with Crippen LogP contribution in [0.4, 0.5) is 0 Å². The minimum absolute atomic E-state index is 0.218. The monoisotopic (exact) mass is 347 g/mol. The molecule has 128 valence electrons. The van der Waals surface area contributed by atoms with Crippen LogP contribution in [0.5, 0.6) is 11.5 Å². The first-order valence-electron chi connectivity index (χ1n) is 8.01. The second kappa shape index (κ2) is 5.69. The van der Waals surface area contributed by atoms with Crippen molar-refractivity contribution in [3.05, 3.63) is 54.2 Å². The number of hydrogen-bond acceptors (Lipinski definition) is 7. The van der Waals surface area contributed by atoms with Crippen molar-refractivity contribution in [3.8, 4) is 40.2 Å². The molecule has 0 amide bonds. The van der Waals surface area contributed by atoms with Gasteiger partial charge in [0.1, 0.15) is 0 Å². The van der Waals surface area contributed by atoms with Crippen LogP contribution in [0, 0.1) is 6.92 Å². The lowest BCUT2D eigenvalue weighted by Crippen LogP contribution is -1.98. The molecule has 0 unspecified atom stereocenters. The number of fused-ring (bicyclic) bond motifs is 1. The number of ether oxygens (including phenoxy) is 2. The molecule has 2 aromatic heterocycles. The van der Waals surface area contributed by atoms with Crippen molar-refractivity contribution in [3.63, 3.8) is 0 Å². The van der Waals surface area contributed by atoms with Gasteiger partial charge in [-0.2, -0.15) is 4.98 Å². The molecule has 4 aromatic rings. The zero-order valence-corrected chi connectivity index (χ0v) is 13.8. The quantitative estimate of drug-likeness (QED) is 0.563. The van der Waals surface area contributed by atoms with E-state index in [2.05, 4.69) is 20.5 Å². The lowest BCUT2D eigenvalue weighted by molar-refractivity contribution is 0.174. The van der Waals surface area contributed by atoms with E-state index < -0.39 is 0 Å². The van der Waals surface area contributed by atoms with Crippen molar-refractivity contribution in [2.75, 3.05) is 6.79 Å². The molecule has 0 aliphatic carbocycles. The molecule has 1 aliphatic rings. The molecule has 5 rings (SSSR count). The third-order valence-electron chi connectivity index (χ3n) is 4.15. The maximum atomic E-state index is 5.40. The predicted octanol–water partition coefficient (Wildman–Crippen LogP) is 3.02. The van der Waals surface area contributed by atoms with Gasteiger partial charge in [-0.05, 0) is 37.3 Å². The standard InChI is InChI=1S/C18H13N5O3/c1-11-16(20-22-23(11)13-5-3-2-4-6-13)17-19-18(26-21-17)12-7-8-14-15(9-12)25-10-24-14/h2-9H,10H2,1H3. The van der Waals surface area contributed by atoms with Gasteiger partial charge in [-0.25, -0.2) is 4.68 Å². The minimum atomic E-state index is 0.218. The van der Waals surface area contributed by atoms with Crippen LogP contribution in [0.1, 0.15) is 5.69 Å². The third-order valence-corrected chi connectivity index (χ3v) is 4.15. The Morgan fingerprint density at radius 1 is 1.00 bits per heavy atom. The minimum Gasteiger partial charge on any atom is -0.454 e. The van der Waals surface area contributed by atoms with Crippen molar-refractivity contribution in [2.24, 2.45) is 0 Å². The summed E-state index contributed by atoms with van der Waals surface area (Å²) in [6.07, 6.45) is 0. The largest absolute Gasteiger partial charge is 0.454 e. The predicted molar refractivity (Wildman–Crippen MR) is 90.9 cm³/mol. The fourth-order valence-electron chi connectivity index (χ4n) is 2.82. The molecule has 0 saturated carbocycles. The summed E-state index contributed by atoms with van der Waals surface area (Å²) in [7, 11) is 0. The molecule has 0 atom stereocenters. The van der Waals surface area contributed by atoms with E-state index in [1.165, 1.54) is 0 Å². The summed E-state index contributed by atoms with van der Waals surface area (Å²) in [4.78, 5) is 4.45. The Balaban J connectivity index is 1.50. The fraction of sp³-hybridized carbons (Fsp3) is 0.111. The number of benzene rings is 2. The van der Waals surface area contributed by atoms with Gasteiger partial charge in [-0.3, -0.25) is 0 Å². The van der Waals surface area contributed by atoms with Crippen molar-refractivity contribution in [1.29, 1.82) is 0 Å². The van der Waals surface area contributed by atoms with Crippen LogP contribution in [0.25, 0.3) is 28.7 Å². The third kappa shape index (κ3) is 2.31. The highest BCUT2D eigenvalue weighted by Crippen LogP contribution is 2.35. The molecule has 8 heteroatoms. The summed E-state index contributed by atoms with van der Waals surface area (Å²) >= 11 is 0. The number of aromatic nitrogens is 5. The van der Waals surface area contributed by atoms with Crippen LogP contribution in [0.3, 0.4) is 0 Å². The van der Waals surface area contributed by atoms with Crippen molar-refractivity contribution < 1.29 is 14.0 Å². The SMILES string of the molecule is Cc1c(-c2noc(-c3ccc4c(c3)OCO4)n2)nnn1-c1ccccc1. The van der Waals surface area contributed by atoms with Crippen LogP contribution < -0.4 is 9.47 Å². The maximum absolute atomic E-state index is 5.40. The summed E-state index contributed by atoms with van der Waals surface area (Å²) in [5.41, 5.74) is 3.07. The Labute approximate surface area is 148 Å². The fourth-order valence-corrected chi connectivity index (χ4v) is 2.82. The molecule has 26 heavy (non-hydrogen) atoms. The van der Waals surface area contributed by atoms with E-state index in [-0.39, 0.29) is 6.79 Å². The summed E-state index contributed by atoms with van der Waals surface area (Å²) < 4.78 is 17.8. The summed E-state index contributed by atoms with van der Waals surface area (Å²) in [5.74, 6) is 2.13. The molecule has 1 aliphatic heterocycles. The highest BCUT2D eigenvalue weighted by Gasteiger charge is 2.20. The molecular weight excluding hydrogens is 334 g/mol. The van der Waals surface area contributed by atoms with E-state index in [1.54, 1.807) is 4.68 Å². The summed E-state index contributed by atoms with van der Waals surface area (Å²) in [6, 6.07) is 15.2. The van der Waals surface area contributed by atoms with Crippen molar-refractivity contribution >= 4 is 0 Å². The van der Waals surface area contributed by atoms with E-state index in [4.69, 9.17) is 14.0 Å². The van der Waals surface area contributed by atoms with Gasteiger partial charge in [0.25, 0.3) is 5.89 Å². The second-order valence-electron chi connectivity index (χ2n) is 5.76. The Morgan fingerprint density at radius 3 is 2.73 bits per heavy atom. The number of rotatable bonds is 3. The normalized spacial score (nSPS) is 12.5. The number of para-hydroxylation sites is 1. The second-order valence-corrected chi connectivity index (χ2v) is 5.76. The Kier molecular flexibility index (Phi) is 3.21. The molecule has 0 spiro atoms. The van der Waals surface area contributed by atoms with E-state index >= 15 is 0 Å². The average molecular weight is 347 g/mol. The first kappa shape index (κ1) is 14.6. The number of hydrogen-bond donors (Lipinski definition) is 0. The van der Waals surface area contributed by atoms with E-state index in [0.717, 1.165) is 16.9 Å². The van der Waals surface area contributed by atoms with Gasteiger partial charge < -0.3 is 14.0 Å². The molecule has 0 saturated heterocycles. The molecular formula is C18H13N5O3. The smallest absolute Gasteiger partial charge is 0.258 e. The molecule has 0 bridgehead atoms. The topological polar surface area (TPSA) is 88.1 Å². The van der Waals surface area contributed by atoms with Crippen LogP contribution in [-0.4, -0.2) is 31.9 Å². The van der Waals surface area contributed by atoms with E-state index in [0.29, 0.717) is 28.9 Å². The molecule has 3 heterocycles. The summed E-state index contributed by atoms with van der Waals surface area (Å²) in [6.45, 7) is 2.13. The molecule has 0 radical (unpaired) electrons. The van der Waals surface area contributed by atoms with Crippen LogP contribution >= 0.6 is 0 Å². The highest BCUT2D eigenvalue weighted by atomic mass is 16.7.